The maximum atomic E-state index is 13.9. The van der Waals surface area contributed by atoms with Crippen LogP contribution in [-0.4, -0.2) is 34.2 Å². The zero-order valence-corrected chi connectivity index (χ0v) is 23.0. The second-order valence-electron chi connectivity index (χ2n) is 8.64. The zero-order valence-electron chi connectivity index (χ0n) is 19.8. The standard InChI is InChI=1S/C25H17Cl2F3N2O5S2/c1-2-37-15(33)10-31-23-20(39-24(31)36)16(11-6-5-8-13(26)18(11)27)17-19(38-23)22(35)32(21(17)34)14-9-4-3-7-12(14)25(28,29)30/h3-9,16-17,19H,2,10H2,1H3/t16-,17-,19+/m0/s1. The molecule has 0 unspecified atom stereocenters. The fourth-order valence-electron chi connectivity index (χ4n) is 4.83. The fraction of sp³-hybridized carbons (Fsp3) is 0.280. The molecule has 0 aliphatic carbocycles. The van der Waals surface area contributed by atoms with Crippen molar-refractivity contribution in [1.29, 1.82) is 0 Å². The molecule has 2 aliphatic heterocycles. The van der Waals surface area contributed by atoms with Crippen molar-refractivity contribution < 1.29 is 32.3 Å². The summed E-state index contributed by atoms with van der Waals surface area (Å²) in [6.45, 7) is 1.25. The second-order valence-corrected chi connectivity index (χ2v) is 11.5. The van der Waals surface area contributed by atoms with Crippen LogP contribution in [0.5, 0.6) is 0 Å². The Balaban J connectivity index is 1.70. The van der Waals surface area contributed by atoms with Crippen LogP contribution in [0.15, 0.2) is 52.3 Å². The summed E-state index contributed by atoms with van der Waals surface area (Å²) in [6.07, 6.45) is -4.83. The van der Waals surface area contributed by atoms with E-state index in [0.29, 0.717) is 15.3 Å². The molecule has 1 aromatic heterocycles. The molecule has 2 aromatic carbocycles. The first kappa shape index (κ1) is 27.8. The van der Waals surface area contributed by atoms with E-state index in [4.69, 9.17) is 27.9 Å². The van der Waals surface area contributed by atoms with Crippen molar-refractivity contribution in [3.63, 3.8) is 0 Å². The van der Waals surface area contributed by atoms with E-state index < -0.39 is 63.7 Å². The molecule has 3 aromatic rings. The first-order valence-corrected chi connectivity index (χ1v) is 13.9. The number of nitrogens with zero attached hydrogens (tertiary/aromatic N) is 2. The van der Waals surface area contributed by atoms with E-state index in [9.17, 15) is 32.3 Å². The van der Waals surface area contributed by atoms with Gasteiger partial charge in [-0.15, -0.1) is 0 Å². The molecule has 39 heavy (non-hydrogen) atoms. The van der Waals surface area contributed by atoms with Crippen LogP contribution in [0.4, 0.5) is 18.9 Å². The minimum Gasteiger partial charge on any atom is -0.465 e. The minimum atomic E-state index is -4.83. The van der Waals surface area contributed by atoms with Crippen LogP contribution in [0.1, 0.15) is 28.8 Å². The summed E-state index contributed by atoms with van der Waals surface area (Å²) >= 11 is 14.4. The number of anilines is 1. The van der Waals surface area contributed by atoms with Crippen LogP contribution in [0.2, 0.25) is 10.0 Å². The number of imide groups is 1. The Morgan fingerprint density at radius 3 is 2.46 bits per heavy atom. The van der Waals surface area contributed by atoms with Crippen molar-refractivity contribution in [3.05, 3.63) is 78.2 Å². The lowest BCUT2D eigenvalue weighted by Gasteiger charge is -2.31. The first-order chi connectivity index (χ1) is 18.5. The number of esters is 1. The molecule has 0 spiro atoms. The lowest BCUT2D eigenvalue weighted by atomic mass is 9.83. The Kier molecular flexibility index (Phi) is 7.34. The predicted molar refractivity (Wildman–Crippen MR) is 141 cm³/mol. The number of alkyl halides is 3. The molecule has 2 amide bonds. The monoisotopic (exact) mass is 616 g/mol. The Hall–Kier alpha value is -2.80. The number of hydrogen-bond acceptors (Lipinski definition) is 7. The number of carbonyl (C=O) groups excluding carboxylic acids is 3. The molecule has 2 aliphatic rings. The summed E-state index contributed by atoms with van der Waals surface area (Å²) in [6, 6.07) is 9.01. The average molecular weight is 617 g/mol. The zero-order chi connectivity index (χ0) is 28.2. The van der Waals surface area contributed by atoms with Crippen LogP contribution in [0, 0.1) is 5.92 Å². The number of halogens is 5. The molecule has 0 N–H and O–H groups in total. The number of thioether (sulfide) groups is 1. The van der Waals surface area contributed by atoms with Gasteiger partial charge in [-0.2, -0.15) is 13.2 Å². The fourth-order valence-corrected chi connectivity index (χ4v) is 8.02. The summed E-state index contributed by atoms with van der Waals surface area (Å²) in [4.78, 5) is 53.2. The SMILES string of the molecule is CCOC(=O)Cn1c2c(sc1=O)[C@@H](c1cccc(Cl)c1Cl)[C@@H]1C(=O)N(c3ccccc3C(F)(F)F)C(=O)[C@@H]1S2. The molecule has 204 valence electrons. The number of para-hydroxylation sites is 1. The highest BCUT2D eigenvalue weighted by atomic mass is 35.5. The number of thiazole rings is 1. The average Bonchev–Trinajstić information content (AvgIpc) is 3.31. The van der Waals surface area contributed by atoms with Crippen LogP contribution in [-0.2, 0) is 31.8 Å². The van der Waals surface area contributed by atoms with Gasteiger partial charge in [0.15, 0.2) is 0 Å². The van der Waals surface area contributed by atoms with Gasteiger partial charge in [0.25, 0.3) is 0 Å². The number of fused-ring (bicyclic) bond motifs is 2. The van der Waals surface area contributed by atoms with Crippen molar-refractivity contribution in [1.82, 2.24) is 4.57 Å². The molecule has 0 radical (unpaired) electrons. The maximum absolute atomic E-state index is 13.9. The molecule has 3 heterocycles. The third kappa shape index (κ3) is 4.66. The molecule has 3 atom stereocenters. The van der Waals surface area contributed by atoms with Crippen LogP contribution < -0.4 is 9.77 Å². The Morgan fingerprint density at radius 1 is 1.05 bits per heavy atom. The van der Waals surface area contributed by atoms with E-state index in [2.05, 4.69) is 0 Å². The van der Waals surface area contributed by atoms with E-state index in [1.54, 1.807) is 19.1 Å². The molecule has 1 fully saturated rings. The van der Waals surface area contributed by atoms with Crippen molar-refractivity contribution in [3.8, 4) is 0 Å². The topological polar surface area (TPSA) is 85.7 Å². The minimum absolute atomic E-state index is 0.0768. The normalized spacial score (nSPS) is 20.7. The van der Waals surface area contributed by atoms with E-state index in [0.717, 1.165) is 39.8 Å². The van der Waals surface area contributed by atoms with Crippen molar-refractivity contribution in [2.24, 2.45) is 5.92 Å². The van der Waals surface area contributed by atoms with Gasteiger partial charge in [-0.05, 0) is 30.7 Å². The van der Waals surface area contributed by atoms with Gasteiger partial charge < -0.3 is 4.74 Å². The highest BCUT2D eigenvalue weighted by Crippen LogP contribution is 2.55. The summed E-state index contributed by atoms with van der Waals surface area (Å²) < 4.78 is 47.7. The first-order valence-electron chi connectivity index (χ1n) is 11.5. The van der Waals surface area contributed by atoms with Crippen LogP contribution >= 0.6 is 46.3 Å². The predicted octanol–water partition coefficient (Wildman–Crippen LogP) is 5.59. The molecule has 14 heteroatoms. The maximum Gasteiger partial charge on any atom is 0.418 e. The van der Waals surface area contributed by atoms with Gasteiger partial charge in [0, 0.05) is 10.8 Å². The smallest absolute Gasteiger partial charge is 0.418 e. The molecule has 5 rings (SSSR count). The third-order valence-corrected chi connectivity index (χ3v) is 9.85. The van der Waals surface area contributed by atoms with E-state index in [1.807, 2.05) is 0 Å². The largest absolute Gasteiger partial charge is 0.465 e. The van der Waals surface area contributed by atoms with Crippen molar-refractivity contribution in [2.75, 3.05) is 11.5 Å². The second kappa shape index (κ2) is 10.3. The highest BCUT2D eigenvalue weighted by Gasteiger charge is 2.58. The van der Waals surface area contributed by atoms with Crippen LogP contribution in [0.3, 0.4) is 0 Å². The number of ether oxygens (including phenoxy) is 1. The molecular formula is C25H17Cl2F3N2O5S2. The van der Waals surface area contributed by atoms with E-state index in [1.165, 1.54) is 18.2 Å². The Morgan fingerprint density at radius 2 is 1.77 bits per heavy atom. The van der Waals surface area contributed by atoms with E-state index in [-0.39, 0.29) is 21.7 Å². The Labute approximate surface area is 237 Å². The lowest BCUT2D eigenvalue weighted by molar-refractivity contribution is -0.144. The third-order valence-electron chi connectivity index (χ3n) is 6.41. The number of benzene rings is 2. The molecule has 1 saturated heterocycles. The number of aromatic nitrogens is 1. The molecule has 0 bridgehead atoms. The summed E-state index contributed by atoms with van der Waals surface area (Å²) in [7, 11) is 0. The summed E-state index contributed by atoms with van der Waals surface area (Å²) in [5.41, 5.74) is -1.39. The van der Waals surface area contributed by atoms with Crippen molar-refractivity contribution in [2.45, 2.75) is 35.8 Å². The van der Waals surface area contributed by atoms with Gasteiger partial charge >= 0.3 is 17.0 Å². The van der Waals surface area contributed by atoms with E-state index >= 15 is 0 Å². The molecular weight excluding hydrogens is 600 g/mol. The van der Waals surface area contributed by atoms with Gasteiger partial charge in [-0.3, -0.25) is 23.7 Å². The summed E-state index contributed by atoms with van der Waals surface area (Å²) in [5.74, 6) is -4.60. The number of hydrogen-bond donors (Lipinski definition) is 0. The molecule has 0 saturated carbocycles. The lowest BCUT2D eigenvalue weighted by Crippen LogP contribution is -2.33. The highest BCUT2D eigenvalue weighted by molar-refractivity contribution is 8.00. The van der Waals surface area contributed by atoms with Gasteiger partial charge in [0.1, 0.15) is 11.8 Å². The van der Waals surface area contributed by atoms with Gasteiger partial charge in [-0.1, -0.05) is 70.6 Å². The number of rotatable bonds is 5. The van der Waals surface area contributed by atoms with Gasteiger partial charge in [0.2, 0.25) is 11.8 Å². The quantitative estimate of drug-likeness (QED) is 0.274. The summed E-state index contributed by atoms with van der Waals surface area (Å²) in [5, 5.41) is -0.728. The van der Waals surface area contributed by atoms with Gasteiger partial charge in [0.05, 0.1) is 38.8 Å². The molecule has 7 nitrogen and oxygen atoms in total. The van der Waals surface area contributed by atoms with Crippen molar-refractivity contribution >= 4 is 69.8 Å². The number of carbonyl (C=O) groups is 3. The van der Waals surface area contributed by atoms with Crippen LogP contribution in [0.25, 0.3) is 0 Å². The Bertz CT molecular complexity index is 1570. The van der Waals surface area contributed by atoms with Gasteiger partial charge in [-0.25, -0.2) is 4.90 Å². The number of amides is 2.